The first-order valence-corrected chi connectivity index (χ1v) is 10.2. The minimum Gasteiger partial charge on any atom is -0.493 e. The summed E-state index contributed by atoms with van der Waals surface area (Å²) in [5, 5.41) is 23.0. The van der Waals surface area contributed by atoms with E-state index in [1.807, 2.05) is 37.3 Å². The number of hydrogen-bond acceptors (Lipinski definition) is 7. The van der Waals surface area contributed by atoms with Gasteiger partial charge in [-0.15, -0.1) is 0 Å². The van der Waals surface area contributed by atoms with Crippen LogP contribution in [0.25, 0.3) is 0 Å². The molecule has 0 saturated carbocycles. The third kappa shape index (κ3) is 5.54. The van der Waals surface area contributed by atoms with Crippen LogP contribution in [-0.4, -0.2) is 39.7 Å². The highest BCUT2D eigenvalue weighted by Crippen LogP contribution is 2.38. The summed E-state index contributed by atoms with van der Waals surface area (Å²) in [4.78, 5) is 11.1. The van der Waals surface area contributed by atoms with Crippen LogP contribution >= 0.6 is 12.2 Å². The maximum absolute atomic E-state index is 11.6. The topological polar surface area (TPSA) is 108 Å². The third-order valence-electron chi connectivity index (χ3n) is 4.46. The average Bonchev–Trinajstić information content (AvgIpc) is 3.12. The zero-order valence-electron chi connectivity index (χ0n) is 17.3. The molecule has 0 aliphatic rings. The summed E-state index contributed by atoms with van der Waals surface area (Å²) in [5.74, 6) is 1.00. The van der Waals surface area contributed by atoms with Gasteiger partial charge >= 0.3 is 5.69 Å². The number of ether oxygens (including phenoxy) is 2. The van der Waals surface area contributed by atoms with Crippen LogP contribution in [0.15, 0.2) is 47.6 Å². The first-order chi connectivity index (χ1) is 15.0. The molecule has 1 N–H and O–H groups in total. The van der Waals surface area contributed by atoms with E-state index in [1.54, 1.807) is 6.07 Å². The van der Waals surface area contributed by atoms with Crippen LogP contribution < -0.4 is 9.47 Å². The van der Waals surface area contributed by atoms with Crippen LogP contribution in [0.3, 0.4) is 0 Å². The van der Waals surface area contributed by atoms with E-state index >= 15 is 0 Å². The highest BCUT2D eigenvalue weighted by atomic mass is 32.1. The van der Waals surface area contributed by atoms with Crippen molar-refractivity contribution in [3.8, 4) is 11.5 Å². The van der Waals surface area contributed by atoms with Gasteiger partial charge in [-0.1, -0.05) is 43.7 Å². The van der Waals surface area contributed by atoms with Crippen LogP contribution in [0.5, 0.6) is 11.5 Å². The van der Waals surface area contributed by atoms with Crippen molar-refractivity contribution in [2.24, 2.45) is 5.10 Å². The van der Waals surface area contributed by atoms with E-state index in [1.165, 1.54) is 24.1 Å². The minimum atomic E-state index is -0.495. The lowest BCUT2D eigenvalue weighted by molar-refractivity contribution is -0.386. The second-order valence-electron chi connectivity index (χ2n) is 6.69. The molecule has 0 aliphatic carbocycles. The molecule has 1 heterocycles. The van der Waals surface area contributed by atoms with E-state index < -0.39 is 4.92 Å². The number of hydrogen-bond donors (Lipinski definition) is 1. The summed E-state index contributed by atoms with van der Waals surface area (Å²) < 4.78 is 12.8. The summed E-state index contributed by atoms with van der Waals surface area (Å²) in [6.07, 6.45) is 3.70. The lowest BCUT2D eigenvalue weighted by atomic mass is 10.1. The molecule has 0 saturated heterocycles. The monoisotopic (exact) mass is 441 g/mol. The Kier molecular flexibility index (Phi) is 7.50. The molecule has 0 spiro atoms. The zero-order chi connectivity index (χ0) is 22.2. The Balaban J connectivity index is 1.92. The van der Waals surface area contributed by atoms with Gasteiger partial charge in [-0.3, -0.25) is 15.2 Å². The number of nitrogens with zero attached hydrogens (tertiary/aromatic N) is 4. The fraction of sp³-hybridized carbons (Fsp3) is 0.286. The molecule has 31 heavy (non-hydrogen) atoms. The number of nitro benzene ring substituents is 1. The Bertz CT molecular complexity index is 1120. The van der Waals surface area contributed by atoms with Gasteiger partial charge in [0.2, 0.25) is 10.5 Å². The number of benzene rings is 2. The predicted molar refractivity (Wildman–Crippen MR) is 120 cm³/mol. The maximum Gasteiger partial charge on any atom is 0.315 e. The van der Waals surface area contributed by atoms with Crippen molar-refractivity contribution in [3.05, 3.63) is 74.3 Å². The molecule has 0 bridgehead atoms. The van der Waals surface area contributed by atoms with Crippen molar-refractivity contribution in [2.45, 2.75) is 26.2 Å². The lowest BCUT2D eigenvalue weighted by Gasteiger charge is -2.11. The Morgan fingerprint density at radius 1 is 1.32 bits per heavy atom. The molecule has 3 aromatic rings. The molecule has 0 aliphatic heterocycles. The van der Waals surface area contributed by atoms with Crippen LogP contribution in [0.2, 0.25) is 0 Å². The van der Waals surface area contributed by atoms with Crippen LogP contribution in [0, 0.1) is 14.9 Å². The molecular formula is C21H23N5O4S. The Hall–Kier alpha value is -3.53. The molecule has 0 fully saturated rings. The zero-order valence-corrected chi connectivity index (χ0v) is 18.1. The molecule has 10 heteroatoms. The number of nitro groups is 1. The van der Waals surface area contributed by atoms with E-state index in [2.05, 4.69) is 15.3 Å². The van der Waals surface area contributed by atoms with E-state index in [9.17, 15) is 10.1 Å². The molecule has 1 aromatic heterocycles. The van der Waals surface area contributed by atoms with Crippen LogP contribution in [0.4, 0.5) is 5.69 Å². The normalized spacial score (nSPS) is 11.0. The molecule has 0 atom stereocenters. The molecule has 162 valence electrons. The minimum absolute atomic E-state index is 0.114. The van der Waals surface area contributed by atoms with Crippen molar-refractivity contribution < 1.29 is 14.4 Å². The van der Waals surface area contributed by atoms with Crippen LogP contribution in [-0.2, 0) is 6.42 Å². The number of rotatable bonds is 10. The van der Waals surface area contributed by atoms with Crippen molar-refractivity contribution >= 4 is 24.1 Å². The summed E-state index contributed by atoms with van der Waals surface area (Å²) in [6, 6.07) is 12.8. The number of methoxy groups -OCH3 is 1. The molecule has 2 aromatic carbocycles. The van der Waals surface area contributed by atoms with Crippen molar-refractivity contribution in [3.63, 3.8) is 0 Å². The third-order valence-corrected chi connectivity index (χ3v) is 4.73. The van der Waals surface area contributed by atoms with Gasteiger partial charge in [0, 0.05) is 18.1 Å². The van der Waals surface area contributed by atoms with E-state index in [0.29, 0.717) is 29.2 Å². The SMILES string of the molecule is CCCCOc1c(OC)cc(/C=N\n2c(Cc3ccccc3)n[nH]c2=S)cc1[N+](=O)[O-]. The van der Waals surface area contributed by atoms with Gasteiger partial charge in [0.1, 0.15) is 0 Å². The number of unbranched alkanes of at least 4 members (excludes halogenated alkanes) is 1. The number of aromatic nitrogens is 3. The summed E-state index contributed by atoms with van der Waals surface area (Å²) >= 11 is 5.28. The molecule has 0 amide bonds. The summed E-state index contributed by atoms with van der Waals surface area (Å²) in [6.45, 7) is 2.38. The van der Waals surface area contributed by atoms with Gasteiger partial charge in [0.15, 0.2) is 11.6 Å². The fourth-order valence-electron chi connectivity index (χ4n) is 2.89. The Morgan fingerprint density at radius 3 is 2.77 bits per heavy atom. The summed E-state index contributed by atoms with van der Waals surface area (Å²) in [5.41, 5.74) is 1.34. The van der Waals surface area contributed by atoms with Gasteiger partial charge in [0.05, 0.1) is 24.9 Å². The van der Waals surface area contributed by atoms with Crippen molar-refractivity contribution in [1.82, 2.24) is 14.9 Å². The van der Waals surface area contributed by atoms with Gasteiger partial charge in [-0.2, -0.15) is 14.9 Å². The maximum atomic E-state index is 11.6. The van der Waals surface area contributed by atoms with E-state index in [4.69, 9.17) is 21.7 Å². The van der Waals surface area contributed by atoms with Crippen LogP contribution in [0.1, 0.15) is 36.7 Å². The molecule has 9 nitrogen and oxygen atoms in total. The standard InChI is InChI=1S/C21H23N5O4S/c1-3-4-10-30-20-17(26(27)28)11-16(12-18(20)29-2)14-22-25-19(23-24-21(25)31)13-15-8-6-5-7-9-15/h5-9,11-12,14H,3-4,10,13H2,1-2H3,(H,24,31)/b22-14-. The first kappa shape index (κ1) is 22.2. The number of aromatic amines is 1. The molecular weight excluding hydrogens is 418 g/mol. The van der Waals surface area contributed by atoms with Gasteiger partial charge in [0.25, 0.3) is 0 Å². The van der Waals surface area contributed by atoms with Gasteiger partial charge < -0.3 is 9.47 Å². The summed E-state index contributed by atoms with van der Waals surface area (Å²) in [7, 11) is 1.44. The van der Waals surface area contributed by atoms with Gasteiger partial charge in [-0.05, 0) is 30.3 Å². The lowest BCUT2D eigenvalue weighted by Crippen LogP contribution is -2.04. The molecule has 0 unspecified atom stereocenters. The molecule has 3 rings (SSSR count). The smallest absolute Gasteiger partial charge is 0.315 e. The Labute approximate surface area is 184 Å². The Morgan fingerprint density at radius 2 is 2.10 bits per heavy atom. The van der Waals surface area contributed by atoms with Gasteiger partial charge in [-0.25, -0.2) is 0 Å². The second-order valence-corrected chi connectivity index (χ2v) is 7.08. The molecule has 0 radical (unpaired) electrons. The first-order valence-electron chi connectivity index (χ1n) is 9.77. The second kappa shape index (κ2) is 10.5. The highest BCUT2D eigenvalue weighted by molar-refractivity contribution is 7.71. The van der Waals surface area contributed by atoms with E-state index in [0.717, 1.165) is 18.4 Å². The predicted octanol–water partition coefficient (Wildman–Crippen LogP) is 4.51. The largest absolute Gasteiger partial charge is 0.493 e. The quantitative estimate of drug-likeness (QED) is 0.163. The average molecular weight is 442 g/mol. The van der Waals surface area contributed by atoms with E-state index in [-0.39, 0.29) is 17.2 Å². The van der Waals surface area contributed by atoms with Crippen molar-refractivity contribution in [1.29, 1.82) is 0 Å². The highest BCUT2D eigenvalue weighted by Gasteiger charge is 2.22. The fourth-order valence-corrected chi connectivity index (χ4v) is 3.09. The van der Waals surface area contributed by atoms with Crippen molar-refractivity contribution in [2.75, 3.05) is 13.7 Å². The number of H-pyrrole nitrogens is 1. The number of nitrogens with one attached hydrogen (secondary N) is 1.